The summed E-state index contributed by atoms with van der Waals surface area (Å²) in [4.78, 5) is 2.40. The lowest BCUT2D eigenvalue weighted by molar-refractivity contribution is 0.224. The molecule has 2 atom stereocenters. The molecule has 1 aliphatic heterocycles. The SMILES string of the molecule is C=CCN(CC=C)CC1CC(CC)CCN1. The number of nitrogens with zero attached hydrogens (tertiary/aromatic N) is 1. The summed E-state index contributed by atoms with van der Waals surface area (Å²) in [5, 5.41) is 3.62. The quantitative estimate of drug-likeness (QED) is 0.666. The molecule has 0 amide bonds. The first-order chi connectivity index (χ1) is 7.80. The smallest absolute Gasteiger partial charge is 0.0197 e. The van der Waals surface area contributed by atoms with E-state index in [2.05, 4.69) is 30.3 Å². The fourth-order valence-corrected chi connectivity index (χ4v) is 2.51. The molecule has 0 aliphatic carbocycles. The van der Waals surface area contributed by atoms with Crippen LogP contribution in [0.5, 0.6) is 0 Å². The van der Waals surface area contributed by atoms with E-state index < -0.39 is 0 Å². The third-order valence-electron chi connectivity index (χ3n) is 3.43. The number of hydrogen-bond acceptors (Lipinski definition) is 2. The summed E-state index contributed by atoms with van der Waals surface area (Å²) in [6.45, 7) is 14.1. The van der Waals surface area contributed by atoms with Crippen molar-refractivity contribution >= 4 is 0 Å². The van der Waals surface area contributed by atoms with Crippen LogP contribution in [0.1, 0.15) is 26.2 Å². The second-order valence-electron chi connectivity index (χ2n) is 4.75. The minimum absolute atomic E-state index is 0.651. The van der Waals surface area contributed by atoms with E-state index in [1.165, 1.54) is 25.8 Å². The van der Waals surface area contributed by atoms with Gasteiger partial charge in [0.1, 0.15) is 0 Å². The number of piperidine rings is 1. The molecule has 2 heteroatoms. The standard InChI is InChI=1S/C14H26N2/c1-4-9-16(10-5-2)12-14-11-13(6-3)7-8-15-14/h4-5,13-15H,1-2,6-12H2,3H3. The van der Waals surface area contributed by atoms with Gasteiger partial charge in [-0.25, -0.2) is 0 Å². The Balaban J connectivity index is 2.37. The third kappa shape index (κ3) is 4.50. The molecule has 0 spiro atoms. The molecule has 0 aromatic rings. The summed E-state index contributed by atoms with van der Waals surface area (Å²) in [5.41, 5.74) is 0. The van der Waals surface area contributed by atoms with Gasteiger partial charge in [0.05, 0.1) is 0 Å². The van der Waals surface area contributed by atoms with Crippen molar-refractivity contribution in [1.29, 1.82) is 0 Å². The van der Waals surface area contributed by atoms with Crippen LogP contribution in [0.4, 0.5) is 0 Å². The van der Waals surface area contributed by atoms with Crippen molar-refractivity contribution in [2.45, 2.75) is 32.2 Å². The van der Waals surface area contributed by atoms with Gasteiger partial charge in [-0.15, -0.1) is 13.2 Å². The van der Waals surface area contributed by atoms with Crippen molar-refractivity contribution in [3.05, 3.63) is 25.3 Å². The average molecular weight is 222 g/mol. The van der Waals surface area contributed by atoms with Gasteiger partial charge >= 0.3 is 0 Å². The predicted molar refractivity (Wildman–Crippen MR) is 71.6 cm³/mol. The Morgan fingerprint density at radius 2 is 2.00 bits per heavy atom. The Hall–Kier alpha value is -0.600. The second-order valence-corrected chi connectivity index (χ2v) is 4.75. The molecule has 92 valence electrons. The number of rotatable bonds is 7. The highest BCUT2D eigenvalue weighted by Gasteiger charge is 2.21. The molecule has 0 saturated carbocycles. The van der Waals surface area contributed by atoms with Crippen molar-refractivity contribution in [2.75, 3.05) is 26.2 Å². The van der Waals surface area contributed by atoms with Crippen LogP contribution in [0, 0.1) is 5.92 Å². The molecule has 0 radical (unpaired) electrons. The molecular weight excluding hydrogens is 196 g/mol. The molecule has 1 aliphatic rings. The van der Waals surface area contributed by atoms with Crippen LogP contribution in [0.15, 0.2) is 25.3 Å². The first kappa shape index (κ1) is 13.5. The van der Waals surface area contributed by atoms with E-state index in [1.54, 1.807) is 0 Å². The van der Waals surface area contributed by atoms with Crippen LogP contribution >= 0.6 is 0 Å². The van der Waals surface area contributed by atoms with E-state index in [0.29, 0.717) is 6.04 Å². The maximum atomic E-state index is 3.81. The predicted octanol–water partition coefficient (Wildman–Crippen LogP) is 2.44. The highest BCUT2D eigenvalue weighted by Crippen LogP contribution is 2.19. The first-order valence-electron chi connectivity index (χ1n) is 6.47. The Labute approximate surface area is 100 Å². The highest BCUT2D eigenvalue weighted by atomic mass is 15.1. The Bertz CT molecular complexity index is 203. The van der Waals surface area contributed by atoms with E-state index in [4.69, 9.17) is 0 Å². The van der Waals surface area contributed by atoms with Gasteiger partial charge in [-0.1, -0.05) is 25.5 Å². The molecule has 1 heterocycles. The van der Waals surface area contributed by atoms with E-state index >= 15 is 0 Å². The van der Waals surface area contributed by atoms with Gasteiger partial charge in [-0.2, -0.15) is 0 Å². The van der Waals surface area contributed by atoms with E-state index in [1.807, 2.05) is 12.2 Å². The fourth-order valence-electron chi connectivity index (χ4n) is 2.51. The van der Waals surface area contributed by atoms with Gasteiger partial charge in [-0.05, 0) is 25.3 Å². The number of nitrogens with one attached hydrogen (secondary N) is 1. The fraction of sp³-hybridized carbons (Fsp3) is 0.714. The molecule has 2 unspecified atom stereocenters. The molecule has 1 N–H and O–H groups in total. The van der Waals surface area contributed by atoms with Crippen molar-refractivity contribution in [1.82, 2.24) is 10.2 Å². The van der Waals surface area contributed by atoms with Gasteiger partial charge in [0.25, 0.3) is 0 Å². The molecule has 16 heavy (non-hydrogen) atoms. The van der Waals surface area contributed by atoms with Crippen LogP contribution in [0.25, 0.3) is 0 Å². The van der Waals surface area contributed by atoms with Crippen molar-refractivity contribution in [3.63, 3.8) is 0 Å². The van der Waals surface area contributed by atoms with Crippen LogP contribution in [-0.2, 0) is 0 Å². The van der Waals surface area contributed by atoms with Gasteiger partial charge in [0.2, 0.25) is 0 Å². The Morgan fingerprint density at radius 3 is 2.56 bits per heavy atom. The van der Waals surface area contributed by atoms with E-state index in [9.17, 15) is 0 Å². The molecule has 0 bridgehead atoms. The topological polar surface area (TPSA) is 15.3 Å². The Morgan fingerprint density at radius 1 is 1.31 bits per heavy atom. The lowest BCUT2D eigenvalue weighted by atomic mass is 9.90. The van der Waals surface area contributed by atoms with E-state index in [0.717, 1.165) is 25.6 Å². The van der Waals surface area contributed by atoms with Crippen LogP contribution in [0.3, 0.4) is 0 Å². The lowest BCUT2D eigenvalue weighted by Crippen LogP contribution is -2.46. The highest BCUT2D eigenvalue weighted by molar-refractivity contribution is 4.85. The molecule has 1 saturated heterocycles. The normalized spacial score (nSPS) is 25.6. The lowest BCUT2D eigenvalue weighted by Gasteiger charge is -2.33. The van der Waals surface area contributed by atoms with Gasteiger partial charge < -0.3 is 5.32 Å². The maximum absolute atomic E-state index is 3.81. The van der Waals surface area contributed by atoms with Gasteiger partial charge in [-0.3, -0.25) is 4.90 Å². The summed E-state index contributed by atoms with van der Waals surface area (Å²) in [6, 6.07) is 0.651. The summed E-state index contributed by atoms with van der Waals surface area (Å²) in [5.74, 6) is 0.917. The van der Waals surface area contributed by atoms with Crippen LogP contribution in [-0.4, -0.2) is 37.1 Å². The largest absolute Gasteiger partial charge is 0.313 e. The molecule has 0 aromatic heterocycles. The van der Waals surface area contributed by atoms with Crippen molar-refractivity contribution in [2.24, 2.45) is 5.92 Å². The minimum Gasteiger partial charge on any atom is -0.313 e. The average Bonchev–Trinajstić information content (AvgIpc) is 2.30. The zero-order valence-corrected chi connectivity index (χ0v) is 10.6. The van der Waals surface area contributed by atoms with E-state index in [-0.39, 0.29) is 0 Å². The summed E-state index contributed by atoms with van der Waals surface area (Å²) < 4.78 is 0. The zero-order valence-electron chi connectivity index (χ0n) is 10.6. The monoisotopic (exact) mass is 222 g/mol. The van der Waals surface area contributed by atoms with Crippen LogP contribution in [0.2, 0.25) is 0 Å². The molecule has 0 aromatic carbocycles. The second kappa shape index (κ2) is 7.64. The number of hydrogen-bond donors (Lipinski definition) is 1. The molecular formula is C14H26N2. The minimum atomic E-state index is 0.651. The molecule has 2 nitrogen and oxygen atoms in total. The van der Waals surface area contributed by atoms with Crippen LogP contribution < -0.4 is 5.32 Å². The maximum Gasteiger partial charge on any atom is 0.0197 e. The van der Waals surface area contributed by atoms with Crippen molar-refractivity contribution < 1.29 is 0 Å². The Kier molecular flexibility index (Phi) is 6.43. The summed E-state index contributed by atoms with van der Waals surface area (Å²) >= 11 is 0. The first-order valence-corrected chi connectivity index (χ1v) is 6.47. The summed E-state index contributed by atoms with van der Waals surface area (Å²) in [6.07, 6.45) is 7.94. The van der Waals surface area contributed by atoms with Crippen molar-refractivity contribution in [3.8, 4) is 0 Å². The zero-order chi connectivity index (χ0) is 11.8. The summed E-state index contributed by atoms with van der Waals surface area (Å²) in [7, 11) is 0. The molecule has 1 rings (SSSR count). The third-order valence-corrected chi connectivity index (χ3v) is 3.43. The van der Waals surface area contributed by atoms with Gasteiger partial charge in [0.15, 0.2) is 0 Å². The van der Waals surface area contributed by atoms with Gasteiger partial charge in [0, 0.05) is 25.7 Å². The molecule has 1 fully saturated rings.